The standard InChI is InChI=1S/3C6H14N2.3ClH.Cr.5H2O/c3*7-5-3-1-2-4-6(5)8;;;;;;;;;/h3*5-6H,1-4,7-8H2;3*1H;;5*1H2/q;;;;;;+3;;;;;/p-3/t3*5-,6-;;;;;;;;;/m000........./s1. The first kappa shape index (κ1) is 59.2. The van der Waals surface area contributed by atoms with Crippen LogP contribution in [0.1, 0.15) is 77.0 Å². The molecule has 3 fully saturated rings. The second-order valence-electron chi connectivity index (χ2n) is 7.84. The average Bonchev–Trinajstić information content (AvgIpc) is 2.57. The maximum atomic E-state index is 5.65. The van der Waals surface area contributed by atoms with Gasteiger partial charge in [-0.3, -0.25) is 0 Å². The first-order chi connectivity index (χ1) is 11.4. The third-order valence-electron chi connectivity index (χ3n) is 5.62. The Hall–Kier alpha value is 0.962. The molecule has 0 bridgehead atoms. The van der Waals surface area contributed by atoms with Crippen LogP contribution < -0.4 is 71.6 Å². The third-order valence-corrected chi connectivity index (χ3v) is 5.62. The van der Waals surface area contributed by atoms with Crippen LogP contribution in [0.2, 0.25) is 0 Å². The summed E-state index contributed by atoms with van der Waals surface area (Å²) in [6, 6.07) is 1.69. The third kappa shape index (κ3) is 27.4. The van der Waals surface area contributed by atoms with Crippen LogP contribution in [-0.4, -0.2) is 63.6 Å². The van der Waals surface area contributed by atoms with Crippen LogP contribution in [0.15, 0.2) is 0 Å². The quantitative estimate of drug-likeness (QED) is 0.159. The normalized spacial score (nSPS) is 28.9. The molecule has 1 radical (unpaired) electrons. The maximum absolute atomic E-state index is 5.65. The van der Waals surface area contributed by atoms with E-state index in [9.17, 15) is 0 Å². The topological polar surface area (TPSA) is 314 Å². The predicted molar refractivity (Wildman–Crippen MR) is 121 cm³/mol. The van der Waals surface area contributed by atoms with E-state index in [1.54, 1.807) is 0 Å². The van der Waals surface area contributed by atoms with E-state index in [4.69, 9.17) is 34.4 Å². The maximum Gasteiger partial charge on any atom is 3.00 e. The van der Waals surface area contributed by atoms with Gasteiger partial charge in [-0.15, -0.1) is 0 Å². The fourth-order valence-corrected chi connectivity index (χ4v) is 3.56. The molecule has 211 valence electrons. The van der Waals surface area contributed by atoms with Crippen molar-refractivity contribution in [1.29, 1.82) is 0 Å². The number of hydrogen-bond donors (Lipinski definition) is 6. The number of nitrogens with two attached hydrogens (primary N) is 6. The van der Waals surface area contributed by atoms with Crippen molar-refractivity contribution < 1.29 is 82.0 Å². The molecule has 0 aliphatic heterocycles. The molecular formula is C18H52Cl3CrN6O5. The molecule has 0 aromatic carbocycles. The van der Waals surface area contributed by atoms with Crippen LogP contribution in [-0.2, 0) is 17.4 Å². The van der Waals surface area contributed by atoms with Crippen molar-refractivity contribution in [2.24, 2.45) is 34.4 Å². The van der Waals surface area contributed by atoms with Crippen LogP contribution >= 0.6 is 0 Å². The second kappa shape index (κ2) is 35.1. The Morgan fingerprint density at radius 2 is 0.394 bits per heavy atom. The van der Waals surface area contributed by atoms with Gasteiger partial charge in [-0.25, -0.2) is 0 Å². The molecule has 6 atom stereocenters. The Labute approximate surface area is 229 Å². The molecule has 0 unspecified atom stereocenters. The van der Waals surface area contributed by atoms with Crippen LogP contribution in [0.3, 0.4) is 0 Å². The van der Waals surface area contributed by atoms with Crippen molar-refractivity contribution in [3.05, 3.63) is 0 Å². The molecule has 3 aliphatic carbocycles. The fraction of sp³-hybridized carbons (Fsp3) is 1.00. The van der Waals surface area contributed by atoms with Gasteiger partial charge in [0.05, 0.1) is 0 Å². The molecule has 0 amide bonds. The number of rotatable bonds is 0. The molecule has 11 nitrogen and oxygen atoms in total. The molecule has 33 heavy (non-hydrogen) atoms. The summed E-state index contributed by atoms with van der Waals surface area (Å²) in [4.78, 5) is 0. The molecule has 0 aromatic heterocycles. The number of halogens is 3. The summed E-state index contributed by atoms with van der Waals surface area (Å²) in [5.74, 6) is 0. The Balaban J connectivity index is -0.0000000329. The van der Waals surface area contributed by atoms with Crippen molar-refractivity contribution in [2.75, 3.05) is 0 Å². The van der Waals surface area contributed by atoms with Gasteiger partial charge >= 0.3 is 17.4 Å². The first-order valence-corrected chi connectivity index (χ1v) is 9.95. The van der Waals surface area contributed by atoms with Gasteiger partial charge in [0.2, 0.25) is 0 Å². The van der Waals surface area contributed by atoms with E-state index < -0.39 is 0 Å². The van der Waals surface area contributed by atoms with Gasteiger partial charge in [-0.1, -0.05) is 38.5 Å². The van der Waals surface area contributed by atoms with Gasteiger partial charge in [0, 0.05) is 36.3 Å². The van der Waals surface area contributed by atoms with Gasteiger partial charge in [0.15, 0.2) is 0 Å². The summed E-state index contributed by atoms with van der Waals surface area (Å²) in [6.45, 7) is 0. The van der Waals surface area contributed by atoms with Crippen molar-refractivity contribution in [1.82, 2.24) is 0 Å². The monoisotopic (exact) mass is 589 g/mol. The summed E-state index contributed by atoms with van der Waals surface area (Å²) in [5, 5.41) is 0. The predicted octanol–water partition coefficient (Wildman–Crippen LogP) is -12.5. The Kier molecular flexibility index (Phi) is 63.0. The first-order valence-electron chi connectivity index (χ1n) is 9.95. The zero-order valence-electron chi connectivity index (χ0n) is 19.5. The van der Waals surface area contributed by atoms with E-state index in [1.165, 1.54) is 38.5 Å². The van der Waals surface area contributed by atoms with E-state index in [1.807, 2.05) is 0 Å². The van der Waals surface area contributed by atoms with Crippen LogP contribution in [0.4, 0.5) is 0 Å². The molecule has 0 heterocycles. The van der Waals surface area contributed by atoms with Gasteiger partial charge < -0.3 is 99.0 Å². The number of hydrogen-bond acceptors (Lipinski definition) is 6. The van der Waals surface area contributed by atoms with Gasteiger partial charge in [-0.05, 0) is 38.5 Å². The minimum atomic E-state index is 0. The smallest absolute Gasteiger partial charge is 1.00 e. The van der Waals surface area contributed by atoms with Crippen LogP contribution in [0.5, 0.6) is 0 Å². The largest absolute Gasteiger partial charge is 3.00 e. The average molecular weight is 591 g/mol. The Morgan fingerprint density at radius 3 is 0.455 bits per heavy atom. The van der Waals surface area contributed by atoms with Crippen LogP contribution in [0, 0.1) is 0 Å². The minimum absolute atomic E-state index is 0. The second-order valence-corrected chi connectivity index (χ2v) is 7.84. The SMILES string of the molecule is N[C@H]1CCCC[C@@H]1N.N[C@H]1CCCC[C@@H]1N.N[C@H]1CCCC[C@@H]1N.O.O.O.O.O.[Cl-].[Cl-].[Cl-].[Cr+3]. The molecule has 3 rings (SSSR count). The summed E-state index contributed by atoms with van der Waals surface area (Å²) in [7, 11) is 0. The zero-order valence-corrected chi connectivity index (χ0v) is 23.0. The van der Waals surface area contributed by atoms with Crippen molar-refractivity contribution in [2.45, 2.75) is 113 Å². The Morgan fingerprint density at radius 1 is 0.303 bits per heavy atom. The molecule has 0 spiro atoms. The van der Waals surface area contributed by atoms with E-state index in [2.05, 4.69) is 0 Å². The molecule has 0 aromatic rings. The van der Waals surface area contributed by atoms with Gasteiger partial charge in [0.25, 0.3) is 0 Å². The van der Waals surface area contributed by atoms with E-state index in [-0.39, 0.29) is 118 Å². The summed E-state index contributed by atoms with van der Waals surface area (Å²) in [6.07, 6.45) is 14.4. The minimum Gasteiger partial charge on any atom is -1.00 e. The van der Waals surface area contributed by atoms with E-state index in [0.29, 0.717) is 0 Å². The molecule has 22 N–H and O–H groups in total. The summed E-state index contributed by atoms with van der Waals surface area (Å²) >= 11 is 0. The van der Waals surface area contributed by atoms with Crippen molar-refractivity contribution in [3.63, 3.8) is 0 Å². The summed E-state index contributed by atoms with van der Waals surface area (Å²) < 4.78 is 0. The van der Waals surface area contributed by atoms with E-state index in [0.717, 1.165) is 38.5 Å². The molecular weight excluding hydrogens is 539 g/mol. The molecule has 3 aliphatic rings. The van der Waals surface area contributed by atoms with Crippen LogP contribution in [0.25, 0.3) is 0 Å². The summed E-state index contributed by atoms with van der Waals surface area (Å²) in [5.41, 5.74) is 33.9. The van der Waals surface area contributed by atoms with Gasteiger partial charge in [0.1, 0.15) is 0 Å². The van der Waals surface area contributed by atoms with Crippen molar-refractivity contribution in [3.8, 4) is 0 Å². The zero-order chi connectivity index (χ0) is 17.9. The van der Waals surface area contributed by atoms with Gasteiger partial charge in [-0.2, -0.15) is 0 Å². The molecule has 15 heteroatoms. The fourth-order valence-electron chi connectivity index (χ4n) is 3.56. The van der Waals surface area contributed by atoms with Crippen molar-refractivity contribution >= 4 is 0 Å². The van der Waals surface area contributed by atoms with E-state index >= 15 is 0 Å². The molecule has 3 saturated carbocycles. The molecule has 0 saturated heterocycles. The Bertz CT molecular complexity index is 276.